The van der Waals surface area contributed by atoms with Gasteiger partial charge in [0.25, 0.3) is 0 Å². The lowest BCUT2D eigenvalue weighted by Gasteiger charge is -2.09. The van der Waals surface area contributed by atoms with Crippen LogP contribution in [0.3, 0.4) is 0 Å². The third-order valence-electron chi connectivity index (χ3n) is 2.59. The van der Waals surface area contributed by atoms with Crippen LogP contribution in [0.25, 0.3) is 11.4 Å². The van der Waals surface area contributed by atoms with Crippen molar-refractivity contribution in [2.45, 2.75) is 20.3 Å². The summed E-state index contributed by atoms with van der Waals surface area (Å²) in [6.45, 7) is 4.23. The van der Waals surface area contributed by atoms with Crippen molar-refractivity contribution in [3.05, 3.63) is 40.2 Å². The van der Waals surface area contributed by atoms with Gasteiger partial charge in [-0.1, -0.05) is 13.8 Å². The van der Waals surface area contributed by atoms with E-state index in [9.17, 15) is 4.39 Å². The van der Waals surface area contributed by atoms with Gasteiger partial charge in [0, 0.05) is 21.8 Å². The molecule has 0 bridgehead atoms. The Kier molecular flexibility index (Phi) is 4.14. The van der Waals surface area contributed by atoms with Crippen LogP contribution in [0.5, 0.6) is 0 Å². The molecule has 2 rings (SSSR count). The Labute approximate surface area is 120 Å². The number of hydrogen-bond acceptors (Lipinski definition) is 3. The zero-order chi connectivity index (χ0) is 14.0. The van der Waals surface area contributed by atoms with E-state index < -0.39 is 0 Å². The average Bonchev–Trinajstić information content (AvgIpc) is 2.26. The summed E-state index contributed by atoms with van der Waals surface area (Å²) in [4.78, 5) is 8.71. The molecule has 0 spiro atoms. The van der Waals surface area contributed by atoms with Crippen LogP contribution in [0.15, 0.2) is 28.7 Å². The zero-order valence-corrected chi connectivity index (χ0v) is 12.4. The van der Waals surface area contributed by atoms with E-state index in [0.717, 1.165) is 17.7 Å². The van der Waals surface area contributed by atoms with Crippen molar-refractivity contribution in [3.8, 4) is 11.4 Å². The van der Waals surface area contributed by atoms with Gasteiger partial charge in [-0.2, -0.15) is 0 Å². The van der Waals surface area contributed by atoms with E-state index >= 15 is 0 Å². The highest BCUT2D eigenvalue weighted by Crippen LogP contribution is 2.27. The van der Waals surface area contributed by atoms with Crippen LogP contribution in [0.4, 0.5) is 10.2 Å². The van der Waals surface area contributed by atoms with Crippen molar-refractivity contribution in [1.82, 2.24) is 9.97 Å². The Hall–Kier alpha value is -1.49. The Balaban J connectivity index is 2.46. The van der Waals surface area contributed by atoms with Gasteiger partial charge >= 0.3 is 0 Å². The molecule has 1 aromatic carbocycles. The maximum absolute atomic E-state index is 13.1. The van der Waals surface area contributed by atoms with Crippen molar-refractivity contribution in [2.24, 2.45) is 5.92 Å². The van der Waals surface area contributed by atoms with Crippen molar-refractivity contribution in [3.63, 3.8) is 0 Å². The maximum atomic E-state index is 13.1. The summed E-state index contributed by atoms with van der Waals surface area (Å²) in [6.07, 6.45) is 0.832. The number of nitrogens with two attached hydrogens (primary N) is 1. The fraction of sp³-hybridized carbons (Fsp3) is 0.286. The van der Waals surface area contributed by atoms with E-state index in [1.807, 2.05) is 0 Å². The fourth-order valence-electron chi connectivity index (χ4n) is 1.83. The van der Waals surface area contributed by atoms with Crippen LogP contribution < -0.4 is 5.73 Å². The Bertz CT molecular complexity index is 599. The molecule has 1 heterocycles. The Morgan fingerprint density at radius 2 is 2.00 bits per heavy atom. The smallest absolute Gasteiger partial charge is 0.162 e. The van der Waals surface area contributed by atoms with Gasteiger partial charge in [0.15, 0.2) is 5.82 Å². The molecular weight excluding hydrogens is 309 g/mol. The zero-order valence-electron chi connectivity index (χ0n) is 10.8. The quantitative estimate of drug-likeness (QED) is 0.934. The largest absolute Gasteiger partial charge is 0.384 e. The van der Waals surface area contributed by atoms with Gasteiger partial charge in [0.2, 0.25) is 0 Å². The molecule has 100 valence electrons. The molecule has 0 saturated carbocycles. The molecule has 0 atom stereocenters. The lowest BCUT2D eigenvalue weighted by atomic mass is 10.1. The molecule has 0 fully saturated rings. The molecule has 0 aliphatic carbocycles. The first-order valence-electron chi connectivity index (χ1n) is 6.04. The third-order valence-corrected chi connectivity index (χ3v) is 3.24. The number of rotatable bonds is 3. The molecule has 0 radical (unpaired) electrons. The molecule has 0 unspecified atom stereocenters. The maximum Gasteiger partial charge on any atom is 0.162 e. The van der Waals surface area contributed by atoms with Crippen molar-refractivity contribution in [2.75, 3.05) is 5.73 Å². The summed E-state index contributed by atoms with van der Waals surface area (Å²) in [5.74, 6) is 1.13. The molecular formula is C14H15BrFN3. The number of benzene rings is 1. The minimum atomic E-state index is -0.304. The van der Waals surface area contributed by atoms with Gasteiger partial charge in [-0.25, -0.2) is 14.4 Å². The first-order chi connectivity index (χ1) is 8.95. The summed E-state index contributed by atoms with van der Waals surface area (Å²) in [5, 5.41) is 0. The average molecular weight is 324 g/mol. The number of nitrogen functional groups attached to an aromatic ring is 1. The van der Waals surface area contributed by atoms with Gasteiger partial charge in [0.05, 0.1) is 0 Å². The Morgan fingerprint density at radius 1 is 1.26 bits per heavy atom. The second-order valence-electron chi connectivity index (χ2n) is 4.83. The molecule has 0 saturated heterocycles. The summed E-state index contributed by atoms with van der Waals surface area (Å²) < 4.78 is 13.7. The monoisotopic (exact) mass is 323 g/mol. The SMILES string of the molecule is CC(C)Cc1cc(N)nc(-c2ccc(F)cc2Br)n1. The first-order valence-corrected chi connectivity index (χ1v) is 6.84. The molecule has 3 nitrogen and oxygen atoms in total. The normalized spacial score (nSPS) is 11.0. The van der Waals surface area contributed by atoms with E-state index in [2.05, 4.69) is 39.7 Å². The number of nitrogens with zero attached hydrogens (tertiary/aromatic N) is 2. The lowest BCUT2D eigenvalue weighted by molar-refractivity contribution is 0.627. The molecule has 0 aliphatic heterocycles. The highest BCUT2D eigenvalue weighted by molar-refractivity contribution is 9.10. The van der Waals surface area contributed by atoms with E-state index in [4.69, 9.17) is 5.73 Å². The van der Waals surface area contributed by atoms with Gasteiger partial charge in [-0.15, -0.1) is 0 Å². The van der Waals surface area contributed by atoms with E-state index in [-0.39, 0.29) is 5.82 Å². The van der Waals surface area contributed by atoms with Gasteiger partial charge < -0.3 is 5.73 Å². The first kappa shape index (κ1) is 13.9. The second kappa shape index (κ2) is 5.65. The standard InChI is InChI=1S/C14H15BrFN3/c1-8(2)5-10-7-13(17)19-14(18-10)11-4-3-9(16)6-12(11)15/h3-4,6-8H,5H2,1-2H3,(H2,17,18,19). The molecule has 19 heavy (non-hydrogen) atoms. The third kappa shape index (κ3) is 3.50. The highest BCUT2D eigenvalue weighted by atomic mass is 79.9. The highest BCUT2D eigenvalue weighted by Gasteiger charge is 2.10. The molecule has 2 N–H and O–H groups in total. The van der Waals surface area contributed by atoms with Crippen LogP contribution in [0, 0.1) is 11.7 Å². The van der Waals surface area contributed by atoms with Crippen LogP contribution in [-0.2, 0) is 6.42 Å². The van der Waals surface area contributed by atoms with Crippen LogP contribution in [0.2, 0.25) is 0 Å². The summed E-state index contributed by atoms with van der Waals surface area (Å²) in [6, 6.07) is 6.20. The molecule has 0 amide bonds. The van der Waals surface area contributed by atoms with Gasteiger partial charge in [-0.05, 0) is 46.5 Å². The van der Waals surface area contributed by atoms with E-state index in [1.54, 1.807) is 12.1 Å². The minimum Gasteiger partial charge on any atom is -0.384 e. The summed E-state index contributed by atoms with van der Waals surface area (Å²) in [7, 11) is 0. The van der Waals surface area contributed by atoms with E-state index in [0.29, 0.717) is 22.0 Å². The topological polar surface area (TPSA) is 51.8 Å². The fourth-order valence-corrected chi connectivity index (χ4v) is 2.36. The lowest BCUT2D eigenvalue weighted by Crippen LogP contribution is -2.03. The van der Waals surface area contributed by atoms with Crippen LogP contribution >= 0.6 is 15.9 Å². The van der Waals surface area contributed by atoms with Gasteiger partial charge in [-0.3, -0.25) is 0 Å². The van der Waals surface area contributed by atoms with Gasteiger partial charge in [0.1, 0.15) is 11.6 Å². The minimum absolute atomic E-state index is 0.304. The molecule has 1 aromatic heterocycles. The summed E-state index contributed by atoms with van der Waals surface area (Å²) >= 11 is 3.32. The number of aromatic nitrogens is 2. The van der Waals surface area contributed by atoms with Crippen molar-refractivity contribution in [1.29, 1.82) is 0 Å². The summed E-state index contributed by atoms with van der Waals surface area (Å²) in [5.41, 5.74) is 7.44. The van der Waals surface area contributed by atoms with Crippen molar-refractivity contribution < 1.29 is 4.39 Å². The Morgan fingerprint density at radius 3 is 2.63 bits per heavy atom. The molecule has 0 aliphatic rings. The number of halogens is 2. The van der Waals surface area contributed by atoms with Crippen molar-refractivity contribution >= 4 is 21.7 Å². The molecule has 2 aromatic rings. The molecule has 5 heteroatoms. The number of hydrogen-bond donors (Lipinski definition) is 1. The predicted molar refractivity (Wildman–Crippen MR) is 78.1 cm³/mol. The van der Waals surface area contributed by atoms with Crippen LogP contribution in [-0.4, -0.2) is 9.97 Å². The second-order valence-corrected chi connectivity index (χ2v) is 5.68. The predicted octanol–water partition coefficient (Wildman–Crippen LogP) is 3.83. The number of anilines is 1. The van der Waals surface area contributed by atoms with E-state index in [1.165, 1.54) is 12.1 Å². The van der Waals surface area contributed by atoms with Crippen LogP contribution in [0.1, 0.15) is 19.5 Å².